The largest absolute Gasteiger partial charge is 0.394 e. The van der Waals surface area contributed by atoms with Crippen molar-refractivity contribution >= 4 is 16.7 Å². The highest BCUT2D eigenvalue weighted by atomic mass is 16.3. The number of unbranched alkanes of at least 4 members (excludes halogenated alkanes) is 4. The molecule has 1 aromatic heterocycles. The summed E-state index contributed by atoms with van der Waals surface area (Å²) in [6.45, 7) is 1.99. The van der Waals surface area contributed by atoms with Crippen LogP contribution in [0.3, 0.4) is 0 Å². The fourth-order valence-corrected chi connectivity index (χ4v) is 4.10. The molecule has 0 bridgehead atoms. The van der Waals surface area contributed by atoms with Crippen molar-refractivity contribution in [1.29, 1.82) is 0 Å². The number of benzene rings is 2. The summed E-state index contributed by atoms with van der Waals surface area (Å²) in [5.74, 6) is 0.282. The number of aliphatic hydroxyl groups excluding tert-OH is 2. The van der Waals surface area contributed by atoms with E-state index in [0.29, 0.717) is 25.7 Å². The van der Waals surface area contributed by atoms with Crippen LogP contribution in [0.1, 0.15) is 63.0 Å². The third kappa shape index (κ3) is 6.98. The molecule has 0 aliphatic rings. The molecule has 0 radical (unpaired) electrons. The number of carbonyl (C=O) groups excluding carboxylic acids is 1. The number of ketones is 1. The van der Waals surface area contributed by atoms with Gasteiger partial charge in [-0.2, -0.15) is 0 Å². The van der Waals surface area contributed by atoms with E-state index in [1.807, 2.05) is 30.5 Å². The maximum Gasteiger partial charge on any atom is 0.137 e. The summed E-state index contributed by atoms with van der Waals surface area (Å²) in [7, 11) is 0. The maximum atomic E-state index is 12.5. The van der Waals surface area contributed by atoms with Gasteiger partial charge in [-0.1, -0.05) is 69.0 Å². The van der Waals surface area contributed by atoms with Crippen molar-refractivity contribution in [2.75, 3.05) is 6.61 Å². The molecule has 32 heavy (non-hydrogen) atoms. The van der Waals surface area contributed by atoms with Gasteiger partial charge in [-0.15, -0.1) is 0 Å². The molecule has 2 N–H and O–H groups in total. The number of aromatic nitrogens is 1. The van der Waals surface area contributed by atoms with Crippen LogP contribution >= 0.6 is 0 Å². The first-order valence-electron chi connectivity index (χ1n) is 11.9. The minimum absolute atomic E-state index is 0.213. The first-order valence-corrected chi connectivity index (χ1v) is 11.9. The molecule has 0 saturated heterocycles. The van der Waals surface area contributed by atoms with Crippen LogP contribution < -0.4 is 0 Å². The Morgan fingerprint density at radius 2 is 1.81 bits per heavy atom. The molecule has 0 amide bonds. The SMILES string of the molecule is CCCCCCCC(=O)Cc1cnc2cccc(-c3cccc(CCC(O)CO)c3)c2c1. The minimum atomic E-state index is -0.688. The summed E-state index contributed by atoms with van der Waals surface area (Å²) in [5.41, 5.74) is 5.18. The quantitative estimate of drug-likeness (QED) is 0.341. The van der Waals surface area contributed by atoms with Crippen LogP contribution in [-0.2, 0) is 17.6 Å². The number of hydrogen-bond donors (Lipinski definition) is 2. The lowest BCUT2D eigenvalue weighted by atomic mass is 9.96. The van der Waals surface area contributed by atoms with Crippen LogP contribution in [0.4, 0.5) is 0 Å². The molecule has 170 valence electrons. The number of aliphatic hydroxyl groups is 2. The number of nitrogens with zero attached hydrogens (tertiary/aromatic N) is 1. The average Bonchev–Trinajstić information content (AvgIpc) is 2.82. The van der Waals surface area contributed by atoms with Crippen molar-refractivity contribution in [3.8, 4) is 11.1 Å². The van der Waals surface area contributed by atoms with E-state index in [4.69, 9.17) is 5.11 Å². The van der Waals surface area contributed by atoms with Gasteiger partial charge in [-0.05, 0) is 53.6 Å². The molecule has 4 heteroatoms. The number of fused-ring (bicyclic) bond motifs is 1. The minimum Gasteiger partial charge on any atom is -0.394 e. The Bertz CT molecular complexity index is 1010. The fourth-order valence-electron chi connectivity index (χ4n) is 4.10. The summed E-state index contributed by atoms with van der Waals surface area (Å²) < 4.78 is 0. The van der Waals surface area contributed by atoms with Crippen molar-refractivity contribution in [3.63, 3.8) is 0 Å². The summed E-state index contributed by atoms with van der Waals surface area (Å²) in [5, 5.41) is 19.8. The summed E-state index contributed by atoms with van der Waals surface area (Å²) in [4.78, 5) is 17.1. The molecule has 1 heterocycles. The van der Waals surface area contributed by atoms with Crippen molar-refractivity contribution in [2.45, 2.75) is 70.8 Å². The Balaban J connectivity index is 1.75. The third-order valence-electron chi connectivity index (χ3n) is 5.96. The normalized spacial score (nSPS) is 12.2. The van der Waals surface area contributed by atoms with Crippen molar-refractivity contribution in [3.05, 3.63) is 65.9 Å². The molecular weight excluding hydrogens is 398 g/mol. The maximum absolute atomic E-state index is 12.5. The fraction of sp³-hybridized carbons (Fsp3) is 0.429. The molecule has 0 aliphatic heterocycles. The lowest BCUT2D eigenvalue weighted by Gasteiger charge is -2.11. The number of rotatable bonds is 13. The second-order valence-corrected chi connectivity index (χ2v) is 8.67. The van der Waals surface area contributed by atoms with Crippen molar-refractivity contribution in [2.24, 2.45) is 0 Å². The van der Waals surface area contributed by atoms with Gasteiger partial charge in [0.1, 0.15) is 5.78 Å². The van der Waals surface area contributed by atoms with Gasteiger partial charge in [0.05, 0.1) is 18.2 Å². The number of carbonyl (C=O) groups is 1. The molecule has 3 rings (SSSR count). The molecule has 3 aromatic rings. The van der Waals surface area contributed by atoms with Crippen LogP contribution in [0.5, 0.6) is 0 Å². The van der Waals surface area contributed by atoms with Gasteiger partial charge in [0, 0.05) is 24.4 Å². The second kappa shape index (κ2) is 12.5. The summed E-state index contributed by atoms with van der Waals surface area (Å²) in [6.07, 6.45) is 9.23. The van der Waals surface area contributed by atoms with Gasteiger partial charge in [0.2, 0.25) is 0 Å². The first kappa shape index (κ1) is 24.1. The van der Waals surface area contributed by atoms with Gasteiger partial charge in [-0.25, -0.2) is 0 Å². The van der Waals surface area contributed by atoms with E-state index < -0.39 is 6.10 Å². The van der Waals surface area contributed by atoms with Crippen LogP contribution in [0.25, 0.3) is 22.0 Å². The first-order chi connectivity index (χ1) is 15.6. The zero-order chi connectivity index (χ0) is 22.8. The van der Waals surface area contributed by atoms with Gasteiger partial charge in [-0.3, -0.25) is 9.78 Å². The zero-order valence-electron chi connectivity index (χ0n) is 19.1. The predicted molar refractivity (Wildman–Crippen MR) is 131 cm³/mol. The molecule has 1 unspecified atom stereocenters. The predicted octanol–water partition coefficient (Wildman–Crippen LogP) is 5.66. The number of Topliss-reactive ketones (excluding diaryl/α,β-unsaturated/α-hetero) is 1. The smallest absolute Gasteiger partial charge is 0.137 e. The lowest BCUT2D eigenvalue weighted by molar-refractivity contribution is -0.118. The van der Waals surface area contributed by atoms with E-state index in [1.165, 1.54) is 19.3 Å². The molecular formula is C28H35NO3. The topological polar surface area (TPSA) is 70.4 Å². The summed E-state index contributed by atoms with van der Waals surface area (Å²) >= 11 is 0. The van der Waals surface area contributed by atoms with Gasteiger partial charge >= 0.3 is 0 Å². The zero-order valence-corrected chi connectivity index (χ0v) is 19.1. The van der Waals surface area contributed by atoms with Gasteiger partial charge < -0.3 is 10.2 Å². The van der Waals surface area contributed by atoms with Crippen LogP contribution in [0.15, 0.2) is 54.7 Å². The molecule has 0 spiro atoms. The average molecular weight is 434 g/mol. The van der Waals surface area contributed by atoms with Crippen LogP contribution in [-0.4, -0.2) is 33.7 Å². The van der Waals surface area contributed by atoms with Crippen LogP contribution in [0.2, 0.25) is 0 Å². The summed E-state index contributed by atoms with van der Waals surface area (Å²) in [6, 6.07) is 16.5. The van der Waals surface area contributed by atoms with E-state index in [-0.39, 0.29) is 12.4 Å². The van der Waals surface area contributed by atoms with Crippen molar-refractivity contribution in [1.82, 2.24) is 4.98 Å². The third-order valence-corrected chi connectivity index (χ3v) is 5.96. The monoisotopic (exact) mass is 433 g/mol. The Morgan fingerprint density at radius 3 is 2.62 bits per heavy atom. The number of pyridine rings is 1. The van der Waals surface area contributed by atoms with E-state index in [0.717, 1.165) is 46.0 Å². The molecule has 0 saturated carbocycles. The molecule has 0 fully saturated rings. The van der Waals surface area contributed by atoms with E-state index in [1.54, 1.807) is 0 Å². The van der Waals surface area contributed by atoms with E-state index in [2.05, 4.69) is 36.2 Å². The lowest BCUT2D eigenvalue weighted by Crippen LogP contribution is -2.12. The molecule has 0 aliphatic carbocycles. The highest BCUT2D eigenvalue weighted by molar-refractivity contribution is 5.95. The van der Waals surface area contributed by atoms with E-state index >= 15 is 0 Å². The molecule has 1 atom stereocenters. The second-order valence-electron chi connectivity index (χ2n) is 8.67. The molecule has 4 nitrogen and oxygen atoms in total. The highest BCUT2D eigenvalue weighted by Gasteiger charge is 2.10. The van der Waals surface area contributed by atoms with Gasteiger partial charge in [0.15, 0.2) is 0 Å². The highest BCUT2D eigenvalue weighted by Crippen LogP contribution is 2.29. The molecule has 2 aromatic carbocycles. The standard InChI is InChI=1S/C28H35NO3/c1-2-3-4-5-6-11-24(31)17-22-18-27-26(12-8-13-28(27)29-19-22)23-10-7-9-21(16-23)14-15-25(32)20-30/h7-10,12-13,16,18-19,25,30,32H,2-6,11,14-15,17,20H2,1H3. The Morgan fingerprint density at radius 1 is 1.00 bits per heavy atom. The van der Waals surface area contributed by atoms with Crippen molar-refractivity contribution < 1.29 is 15.0 Å². The Labute approximate surface area is 191 Å². The number of aryl methyl sites for hydroxylation is 1. The Kier molecular flexibility index (Phi) is 9.39. The Hall–Kier alpha value is -2.56. The van der Waals surface area contributed by atoms with E-state index in [9.17, 15) is 9.90 Å². The number of hydrogen-bond acceptors (Lipinski definition) is 4. The van der Waals surface area contributed by atoms with Crippen LogP contribution in [0, 0.1) is 0 Å². The van der Waals surface area contributed by atoms with Gasteiger partial charge in [0.25, 0.3) is 0 Å².